The molecule has 0 saturated heterocycles. The van der Waals surface area contributed by atoms with Gasteiger partial charge >= 0.3 is 0 Å². The zero-order valence-corrected chi connectivity index (χ0v) is 78.7. The number of fused-ring (bicyclic) bond motifs is 29. The topological polar surface area (TPSA) is 14.8 Å². The van der Waals surface area contributed by atoms with Crippen molar-refractivity contribution in [1.29, 1.82) is 0 Å². The molecule has 3 heteroatoms. The summed E-state index contributed by atoms with van der Waals surface area (Å²) in [6.07, 6.45) is 0. The maximum Gasteiger partial charge on any atom is 0.0547 e. The van der Waals surface area contributed by atoms with Gasteiger partial charge in [-0.1, -0.05) is 405 Å². The second-order valence-corrected chi connectivity index (χ2v) is 41.4. The van der Waals surface area contributed by atoms with Crippen LogP contribution in [0.1, 0.15) is 116 Å². The molecule has 0 aliphatic heterocycles. The van der Waals surface area contributed by atoms with Crippen LogP contribution in [0.5, 0.6) is 0 Å². The first-order valence-corrected chi connectivity index (χ1v) is 48.1. The fourth-order valence-electron chi connectivity index (χ4n) is 24.2. The van der Waals surface area contributed by atoms with Crippen molar-refractivity contribution in [3.63, 3.8) is 0 Å². The van der Waals surface area contributed by atoms with E-state index in [1.165, 1.54) is 247 Å². The van der Waals surface area contributed by atoms with Gasteiger partial charge in [0.25, 0.3) is 0 Å². The molecule has 3 heterocycles. The second-order valence-electron chi connectivity index (χ2n) is 41.4. The third-order valence-electron chi connectivity index (χ3n) is 33.4. The van der Waals surface area contributed by atoms with Crippen molar-refractivity contribution >= 4 is 130 Å². The zero-order chi connectivity index (χ0) is 91.5. The van der Waals surface area contributed by atoms with E-state index in [2.05, 4.69) is 515 Å². The third kappa shape index (κ3) is 12.1. The van der Waals surface area contributed by atoms with Gasteiger partial charge in [-0.05, 0) is 289 Å². The van der Waals surface area contributed by atoms with E-state index in [9.17, 15) is 0 Å². The summed E-state index contributed by atoms with van der Waals surface area (Å²) >= 11 is 0. The number of benzene rings is 21. The Hall–Kier alpha value is -15.4. The largest absolute Gasteiger partial charge is 0.309 e. The molecule has 0 bridgehead atoms. The molecule has 3 aliphatic carbocycles. The van der Waals surface area contributed by atoms with Gasteiger partial charge in [-0.3, -0.25) is 0 Å². The maximum atomic E-state index is 2.47. The second kappa shape index (κ2) is 30.0. The summed E-state index contributed by atoms with van der Waals surface area (Å²) in [6, 6.07) is 156. The van der Waals surface area contributed by atoms with E-state index in [1.807, 2.05) is 0 Å². The van der Waals surface area contributed by atoms with E-state index in [4.69, 9.17) is 0 Å². The lowest BCUT2D eigenvalue weighted by Crippen LogP contribution is -2.43. The van der Waals surface area contributed by atoms with Gasteiger partial charge in [0, 0.05) is 54.8 Å². The highest BCUT2D eigenvalue weighted by Crippen LogP contribution is 2.60. The van der Waals surface area contributed by atoms with E-state index < -0.39 is 0 Å². The van der Waals surface area contributed by atoms with E-state index in [-0.39, 0.29) is 32.5 Å². The van der Waals surface area contributed by atoms with Crippen molar-refractivity contribution in [3.8, 4) is 83.8 Å². The van der Waals surface area contributed by atoms with Crippen LogP contribution < -0.4 is 0 Å². The first kappa shape index (κ1) is 81.6. The SMILES string of the molecule is CC1(C)c2ccccc2-c2c(ccc3c2ccc2ccc(-n4c5ccccc5c5ccc(-c6ccccc6)cc54)cc23)C1(C)C.CC1(C)c2ccccc2-c2cc3c(ccc4cc(-n5c6ccccc6c6cc(-c7ccccc7)ccc65)ccc43)cc2C1(C)C.CC1(C)c2ccccc2-c2ccc3ccc4cc(-n5c6ccccc6c6cc(-c7ccccc7)ccc65)ccc4c3c2C1(C)C. The number of nitrogens with zero attached hydrogens (tertiary/aromatic N) is 3. The molecule has 0 saturated carbocycles. The van der Waals surface area contributed by atoms with Crippen molar-refractivity contribution < 1.29 is 0 Å². The molecule has 135 heavy (non-hydrogen) atoms. The minimum atomic E-state index is -0.0631. The average molecular weight is 1730 g/mol. The number of aromatic nitrogens is 3. The fourth-order valence-corrected chi connectivity index (χ4v) is 24.2. The van der Waals surface area contributed by atoms with Crippen LogP contribution in [-0.4, -0.2) is 13.7 Å². The molecule has 0 unspecified atom stereocenters. The normalized spacial score (nSPS) is 15.0. The summed E-state index contributed by atoms with van der Waals surface area (Å²) in [5.74, 6) is 0. The molecule has 0 atom stereocenters. The monoisotopic (exact) mass is 1730 g/mol. The first-order valence-electron chi connectivity index (χ1n) is 48.1. The Balaban J connectivity index is 0.000000108. The lowest BCUT2D eigenvalue weighted by molar-refractivity contribution is 0.299. The molecule has 0 N–H and O–H groups in total. The molecule has 3 aromatic heterocycles. The Kier molecular flexibility index (Phi) is 18.2. The van der Waals surface area contributed by atoms with Gasteiger partial charge < -0.3 is 13.7 Å². The molecule has 0 fully saturated rings. The highest BCUT2D eigenvalue weighted by molar-refractivity contribution is 6.19. The van der Waals surface area contributed by atoms with Gasteiger partial charge in [-0.25, -0.2) is 0 Å². The number of para-hydroxylation sites is 3. The number of hydrogen-bond acceptors (Lipinski definition) is 0. The maximum absolute atomic E-state index is 2.47. The Morgan fingerprint density at radius 3 is 1.08 bits per heavy atom. The van der Waals surface area contributed by atoms with Crippen molar-refractivity contribution in [2.45, 2.75) is 116 Å². The van der Waals surface area contributed by atoms with Gasteiger partial charge in [-0.2, -0.15) is 0 Å². The van der Waals surface area contributed by atoms with E-state index in [0.29, 0.717) is 0 Å². The van der Waals surface area contributed by atoms with Gasteiger partial charge in [-0.15, -0.1) is 0 Å². The molecular formula is C132H105N3. The summed E-state index contributed by atoms with van der Waals surface area (Å²) in [6.45, 7) is 29.0. The van der Waals surface area contributed by atoms with Gasteiger partial charge in [0.1, 0.15) is 0 Å². The molecule has 24 aromatic rings. The summed E-state index contributed by atoms with van der Waals surface area (Å²) in [4.78, 5) is 0. The fraction of sp³-hybridized carbons (Fsp3) is 0.136. The summed E-state index contributed by atoms with van der Waals surface area (Å²) in [7, 11) is 0. The van der Waals surface area contributed by atoms with Crippen molar-refractivity contribution in [2.24, 2.45) is 0 Å². The van der Waals surface area contributed by atoms with Crippen molar-refractivity contribution in [1.82, 2.24) is 13.7 Å². The third-order valence-corrected chi connectivity index (χ3v) is 33.4. The molecular weight excluding hydrogens is 1630 g/mol. The van der Waals surface area contributed by atoms with Crippen LogP contribution in [0.4, 0.5) is 0 Å². The Labute approximate surface area is 789 Å². The van der Waals surface area contributed by atoms with Gasteiger partial charge in [0.05, 0.1) is 33.1 Å². The van der Waals surface area contributed by atoms with Crippen LogP contribution in [0, 0.1) is 0 Å². The Bertz CT molecular complexity index is 9050. The van der Waals surface area contributed by atoms with Crippen LogP contribution in [0.2, 0.25) is 0 Å². The van der Waals surface area contributed by atoms with Crippen LogP contribution in [0.3, 0.4) is 0 Å². The quantitative estimate of drug-likeness (QED) is 0.147. The number of rotatable bonds is 6. The van der Waals surface area contributed by atoms with E-state index >= 15 is 0 Å². The van der Waals surface area contributed by atoms with Crippen LogP contribution >= 0.6 is 0 Å². The molecule has 3 nitrogen and oxygen atoms in total. The molecule has 21 aromatic carbocycles. The molecule has 27 rings (SSSR count). The smallest absolute Gasteiger partial charge is 0.0547 e. The predicted molar refractivity (Wildman–Crippen MR) is 578 cm³/mol. The Morgan fingerprint density at radius 1 is 0.156 bits per heavy atom. The average Bonchev–Trinajstić information content (AvgIpc) is 1.56. The summed E-state index contributed by atoms with van der Waals surface area (Å²) in [5.41, 5.74) is 35.2. The summed E-state index contributed by atoms with van der Waals surface area (Å²) in [5, 5.41) is 23.3. The van der Waals surface area contributed by atoms with Crippen LogP contribution in [-0.2, 0) is 32.5 Å². The highest BCUT2D eigenvalue weighted by Gasteiger charge is 2.49. The zero-order valence-electron chi connectivity index (χ0n) is 78.7. The van der Waals surface area contributed by atoms with Gasteiger partial charge in [0.15, 0.2) is 0 Å². The Morgan fingerprint density at radius 2 is 0.511 bits per heavy atom. The molecule has 3 aliphatic rings. The molecule has 0 spiro atoms. The summed E-state index contributed by atoms with van der Waals surface area (Å²) < 4.78 is 7.32. The molecule has 0 amide bonds. The molecule has 0 radical (unpaired) electrons. The minimum absolute atomic E-state index is 0.000598. The highest BCUT2D eigenvalue weighted by atomic mass is 15.0. The van der Waals surface area contributed by atoms with Crippen LogP contribution in [0.15, 0.2) is 419 Å². The predicted octanol–water partition coefficient (Wildman–Crippen LogP) is 36.0. The lowest BCUT2D eigenvalue weighted by atomic mass is 9.54. The van der Waals surface area contributed by atoms with E-state index in [0.717, 1.165) is 0 Å². The van der Waals surface area contributed by atoms with Gasteiger partial charge in [0.2, 0.25) is 0 Å². The minimum Gasteiger partial charge on any atom is -0.309 e. The van der Waals surface area contributed by atoms with Crippen molar-refractivity contribution in [3.05, 3.63) is 452 Å². The molecule has 648 valence electrons. The lowest BCUT2D eigenvalue weighted by Gasteiger charge is -2.49. The van der Waals surface area contributed by atoms with Crippen LogP contribution in [0.25, 0.3) is 214 Å². The van der Waals surface area contributed by atoms with Crippen molar-refractivity contribution in [2.75, 3.05) is 0 Å². The number of hydrogen-bond donors (Lipinski definition) is 0. The van der Waals surface area contributed by atoms with E-state index in [1.54, 1.807) is 0 Å². The standard InChI is InChI=1S/3C44H35N/c1-43(2)38-16-10-8-15-36(38)42-35-23-19-29-18-21-31(27-37(29)32(35)24-25-39(42)44(43,3)4)45-40-17-11-9-14-33(40)34-22-20-30(26-41(34)45)28-12-6-5-7-13-28;1-43(2)38-16-10-8-14-34(38)36-23-20-29-18-19-31-26-32(22-24-33(31)41(29)42(36)44(43,3)4)45-39-17-11-9-15-35(39)37-27-30(21-25-40(37)45)28-12-6-5-7-13-28;1-43(2)39-16-10-8-14-34(39)37-27-36-31(26-40(37)44(43,3)4)19-18-30-24-32(21-22-33(30)36)45-41-17-11-9-15-35(41)38-25-29(20-23-42(38)45)28-12-6-5-7-13-28/h3*5-27H,1-4H3. The first-order chi connectivity index (χ1) is 65.5.